The van der Waals surface area contributed by atoms with E-state index >= 15 is 0 Å². The minimum absolute atomic E-state index is 0.0602. The number of ether oxygens (including phenoxy) is 2. The largest absolute Gasteiger partial charge is 0.467 e. The first-order valence-electron chi connectivity index (χ1n) is 9.43. The Morgan fingerprint density at radius 2 is 1.17 bits per heavy atom. The Morgan fingerprint density at radius 1 is 0.733 bits per heavy atom. The molecule has 0 unspecified atom stereocenters. The molecule has 0 saturated carbocycles. The van der Waals surface area contributed by atoms with E-state index in [4.69, 9.17) is 20.9 Å². The van der Waals surface area contributed by atoms with Crippen molar-refractivity contribution in [1.82, 2.24) is 0 Å². The summed E-state index contributed by atoms with van der Waals surface area (Å²) in [7, 11) is 1.16. The Morgan fingerprint density at radius 3 is 1.60 bits per heavy atom. The van der Waals surface area contributed by atoms with Crippen molar-refractivity contribution in [3.8, 4) is 0 Å². The highest BCUT2D eigenvalue weighted by Gasteiger charge is 2.61. The van der Waals surface area contributed by atoms with Gasteiger partial charge in [0.15, 0.2) is 0 Å². The van der Waals surface area contributed by atoms with Gasteiger partial charge in [0.1, 0.15) is 12.1 Å². The second-order valence-corrected chi connectivity index (χ2v) is 6.90. The Hall–Kier alpha value is -3.48. The summed E-state index contributed by atoms with van der Waals surface area (Å²) in [4.78, 5) is 26.3. The normalized spacial score (nSPS) is 13.2. The van der Waals surface area contributed by atoms with E-state index in [1.165, 1.54) is 0 Å². The lowest BCUT2D eigenvalue weighted by atomic mass is 9.68. The van der Waals surface area contributed by atoms with Crippen LogP contribution in [0, 0.1) is 0 Å². The number of carbonyl (C=O) groups is 2. The first-order valence-corrected chi connectivity index (χ1v) is 9.43. The van der Waals surface area contributed by atoms with Crippen LogP contribution in [0.3, 0.4) is 0 Å². The highest BCUT2D eigenvalue weighted by Crippen LogP contribution is 2.37. The van der Waals surface area contributed by atoms with Crippen molar-refractivity contribution in [2.75, 3.05) is 7.11 Å². The molecule has 0 spiro atoms. The summed E-state index contributed by atoms with van der Waals surface area (Å²) in [5.41, 5.74) is 11.0. The molecule has 0 saturated heterocycles. The SMILES string of the molecule is COC(=O)[C@](N)(C(=O)OCc1ccccc1)C(N)(c1ccccc1)c1ccccc1. The summed E-state index contributed by atoms with van der Waals surface area (Å²) in [5.74, 6) is -1.97. The van der Waals surface area contributed by atoms with Crippen molar-refractivity contribution in [3.05, 3.63) is 108 Å². The predicted molar refractivity (Wildman–Crippen MR) is 113 cm³/mol. The van der Waals surface area contributed by atoms with Gasteiger partial charge in [-0.25, -0.2) is 9.59 Å². The van der Waals surface area contributed by atoms with Gasteiger partial charge >= 0.3 is 11.9 Å². The molecule has 1 atom stereocenters. The van der Waals surface area contributed by atoms with Crippen LogP contribution in [0.25, 0.3) is 0 Å². The number of nitrogens with two attached hydrogens (primary N) is 2. The molecule has 3 rings (SSSR count). The molecule has 30 heavy (non-hydrogen) atoms. The van der Waals surface area contributed by atoms with Crippen LogP contribution in [0.15, 0.2) is 91.0 Å². The lowest BCUT2D eigenvalue weighted by Crippen LogP contribution is -2.73. The molecule has 0 heterocycles. The molecule has 4 N–H and O–H groups in total. The zero-order valence-corrected chi connectivity index (χ0v) is 16.7. The van der Waals surface area contributed by atoms with E-state index in [0.717, 1.165) is 12.7 Å². The number of benzene rings is 3. The van der Waals surface area contributed by atoms with Crippen molar-refractivity contribution < 1.29 is 19.1 Å². The molecule has 3 aromatic carbocycles. The van der Waals surface area contributed by atoms with Crippen LogP contribution in [0.1, 0.15) is 16.7 Å². The minimum Gasteiger partial charge on any atom is -0.467 e. The van der Waals surface area contributed by atoms with Gasteiger partial charge in [-0.1, -0.05) is 91.0 Å². The maximum absolute atomic E-state index is 13.3. The molecule has 0 radical (unpaired) electrons. The lowest BCUT2D eigenvalue weighted by molar-refractivity contribution is -0.167. The topological polar surface area (TPSA) is 105 Å². The molecule has 0 aliphatic rings. The smallest absolute Gasteiger partial charge is 0.340 e. The Kier molecular flexibility index (Phi) is 6.30. The number of rotatable bonds is 7. The van der Waals surface area contributed by atoms with Crippen LogP contribution in [-0.4, -0.2) is 24.6 Å². The fourth-order valence-electron chi connectivity index (χ4n) is 3.43. The predicted octanol–water partition coefficient (Wildman–Crippen LogP) is 2.50. The third-order valence-electron chi connectivity index (χ3n) is 5.12. The fraction of sp³-hybridized carbons (Fsp3) is 0.167. The second kappa shape index (κ2) is 8.90. The van der Waals surface area contributed by atoms with Crippen molar-refractivity contribution >= 4 is 11.9 Å². The summed E-state index contributed by atoms with van der Waals surface area (Å²) < 4.78 is 10.4. The molecule has 6 nitrogen and oxygen atoms in total. The van der Waals surface area contributed by atoms with Crippen LogP contribution in [0.5, 0.6) is 0 Å². The first kappa shape index (κ1) is 21.2. The highest BCUT2D eigenvalue weighted by molar-refractivity contribution is 6.07. The van der Waals surface area contributed by atoms with Crippen LogP contribution in [-0.2, 0) is 31.2 Å². The van der Waals surface area contributed by atoms with Gasteiger partial charge in [-0.05, 0) is 16.7 Å². The standard InChI is InChI=1S/C24H24N2O4/c1-29-21(27)24(26,22(28)30-17-18-11-5-2-6-12-18)23(25,19-13-7-3-8-14-19)20-15-9-4-10-16-20/h2-16H,17,25-26H2,1H3/t24-/m0/s1. The third-order valence-corrected chi connectivity index (χ3v) is 5.12. The number of carbonyl (C=O) groups excluding carboxylic acids is 2. The van der Waals surface area contributed by atoms with Crippen LogP contribution >= 0.6 is 0 Å². The average molecular weight is 404 g/mol. The van der Waals surface area contributed by atoms with Gasteiger partial charge in [0.2, 0.25) is 5.54 Å². The van der Waals surface area contributed by atoms with Gasteiger partial charge in [0, 0.05) is 0 Å². The first-order chi connectivity index (χ1) is 14.4. The fourth-order valence-corrected chi connectivity index (χ4v) is 3.43. The molecular formula is C24H24N2O4. The molecule has 0 bridgehead atoms. The van der Waals surface area contributed by atoms with Gasteiger partial charge in [-0.2, -0.15) is 0 Å². The molecule has 0 aliphatic heterocycles. The van der Waals surface area contributed by atoms with E-state index in [0.29, 0.717) is 11.1 Å². The number of methoxy groups -OCH3 is 1. The van der Waals surface area contributed by atoms with Crippen molar-refractivity contribution in [3.63, 3.8) is 0 Å². The zero-order chi connectivity index (χ0) is 21.6. The van der Waals surface area contributed by atoms with E-state index in [2.05, 4.69) is 0 Å². The summed E-state index contributed by atoms with van der Waals surface area (Å²) in [6.45, 7) is -0.0602. The van der Waals surface area contributed by atoms with E-state index in [9.17, 15) is 9.59 Å². The second-order valence-electron chi connectivity index (χ2n) is 6.90. The number of hydrogen-bond acceptors (Lipinski definition) is 6. The van der Waals surface area contributed by atoms with E-state index in [-0.39, 0.29) is 6.61 Å². The third kappa shape index (κ3) is 3.70. The van der Waals surface area contributed by atoms with Crippen LogP contribution in [0.4, 0.5) is 0 Å². The Bertz CT molecular complexity index is 954. The van der Waals surface area contributed by atoms with Gasteiger partial charge < -0.3 is 20.9 Å². The van der Waals surface area contributed by atoms with Crippen LogP contribution in [0.2, 0.25) is 0 Å². The Labute approximate surface area is 175 Å². The zero-order valence-electron chi connectivity index (χ0n) is 16.7. The lowest BCUT2D eigenvalue weighted by Gasteiger charge is -2.42. The summed E-state index contributed by atoms with van der Waals surface area (Å²) in [6.07, 6.45) is 0. The molecule has 0 aliphatic carbocycles. The van der Waals surface area contributed by atoms with E-state index < -0.39 is 23.0 Å². The van der Waals surface area contributed by atoms with Crippen molar-refractivity contribution in [2.45, 2.75) is 17.7 Å². The summed E-state index contributed by atoms with van der Waals surface area (Å²) in [6, 6.07) is 26.6. The van der Waals surface area contributed by atoms with Crippen LogP contribution < -0.4 is 11.5 Å². The highest BCUT2D eigenvalue weighted by atomic mass is 16.6. The summed E-state index contributed by atoms with van der Waals surface area (Å²) in [5, 5.41) is 0. The molecule has 0 amide bonds. The molecular weight excluding hydrogens is 380 g/mol. The van der Waals surface area contributed by atoms with Crippen molar-refractivity contribution in [2.24, 2.45) is 11.5 Å². The molecule has 3 aromatic rings. The molecule has 6 heteroatoms. The van der Waals surface area contributed by atoms with Gasteiger partial charge in [0.25, 0.3) is 0 Å². The minimum atomic E-state index is -2.33. The molecule has 0 fully saturated rings. The van der Waals surface area contributed by atoms with Gasteiger partial charge in [-0.3, -0.25) is 0 Å². The number of esters is 2. The molecule has 0 aromatic heterocycles. The maximum atomic E-state index is 13.3. The number of hydrogen-bond donors (Lipinski definition) is 2. The quantitative estimate of drug-likeness (QED) is 0.463. The van der Waals surface area contributed by atoms with Gasteiger partial charge in [0.05, 0.1) is 7.11 Å². The van der Waals surface area contributed by atoms with E-state index in [1.807, 2.05) is 18.2 Å². The summed E-state index contributed by atoms with van der Waals surface area (Å²) >= 11 is 0. The Balaban J connectivity index is 2.12. The molecule has 154 valence electrons. The van der Waals surface area contributed by atoms with Crippen molar-refractivity contribution in [1.29, 1.82) is 0 Å². The average Bonchev–Trinajstić information content (AvgIpc) is 2.82. The van der Waals surface area contributed by atoms with E-state index in [1.54, 1.807) is 72.8 Å². The van der Waals surface area contributed by atoms with Gasteiger partial charge in [-0.15, -0.1) is 0 Å². The maximum Gasteiger partial charge on any atom is 0.340 e. The monoisotopic (exact) mass is 404 g/mol.